The number of ketones is 4. The molecule has 0 saturated heterocycles. The first-order valence-corrected chi connectivity index (χ1v) is 15.1. The Morgan fingerprint density at radius 2 is 1.67 bits per heavy atom. The van der Waals surface area contributed by atoms with Crippen LogP contribution in [0.25, 0.3) is 10.8 Å². The highest BCUT2D eigenvalue weighted by Gasteiger charge is 2.62. The van der Waals surface area contributed by atoms with E-state index in [4.69, 9.17) is 19.2 Å². The highest BCUT2D eigenvalue weighted by molar-refractivity contribution is 6.54. The molecule has 0 bridgehead atoms. The van der Waals surface area contributed by atoms with E-state index in [9.17, 15) is 29.4 Å². The van der Waals surface area contributed by atoms with Gasteiger partial charge in [0.15, 0.2) is 24.1 Å². The number of aromatic hydroxyl groups is 2. The van der Waals surface area contributed by atoms with E-state index < -0.39 is 68.7 Å². The predicted octanol–water partition coefficient (Wildman–Crippen LogP) is 4.86. The van der Waals surface area contributed by atoms with Gasteiger partial charge >= 0.3 is 0 Å². The molecule has 1 aromatic heterocycles. The second-order valence-corrected chi connectivity index (χ2v) is 11.6. The SMILES string of the molecule is CCCCCc1cc2cc3c(c(OCOC)c2c(OC)n1)C1(CC3)C(=O)c2c(O)c3c(c(O)c2C1=O)C(=O)C(=NCC)CC3=O. The van der Waals surface area contributed by atoms with Crippen LogP contribution in [0.3, 0.4) is 0 Å². The van der Waals surface area contributed by atoms with Crippen LogP contribution in [0.1, 0.15) is 104 Å². The third kappa shape index (κ3) is 4.28. The largest absolute Gasteiger partial charge is 0.506 e. The maximum Gasteiger partial charge on any atom is 0.225 e. The summed E-state index contributed by atoms with van der Waals surface area (Å²) in [5.74, 6) is -4.18. The Bertz CT molecular complexity index is 1860. The molecule has 234 valence electrons. The molecule has 2 aromatic carbocycles. The molecule has 1 unspecified atom stereocenters. The lowest BCUT2D eigenvalue weighted by Crippen LogP contribution is -2.36. The first-order valence-electron chi connectivity index (χ1n) is 15.1. The summed E-state index contributed by atoms with van der Waals surface area (Å²) in [7, 11) is 2.92. The van der Waals surface area contributed by atoms with E-state index in [1.165, 1.54) is 14.2 Å². The lowest BCUT2D eigenvalue weighted by atomic mass is 9.76. The van der Waals surface area contributed by atoms with Crippen molar-refractivity contribution in [2.45, 2.75) is 64.2 Å². The molecule has 3 aliphatic carbocycles. The lowest BCUT2D eigenvalue weighted by molar-refractivity contribution is 0.0500. The van der Waals surface area contributed by atoms with Gasteiger partial charge in [-0.15, -0.1) is 0 Å². The van der Waals surface area contributed by atoms with Crippen LogP contribution in [0.15, 0.2) is 17.1 Å². The fraction of sp³-hybridized carbons (Fsp3) is 0.412. The Balaban J connectivity index is 1.60. The molecule has 1 atom stereocenters. The lowest BCUT2D eigenvalue weighted by Gasteiger charge is -2.25. The molecule has 0 radical (unpaired) electrons. The molecule has 0 amide bonds. The van der Waals surface area contributed by atoms with E-state index in [-0.39, 0.29) is 42.7 Å². The summed E-state index contributed by atoms with van der Waals surface area (Å²) in [4.78, 5) is 64.2. The van der Waals surface area contributed by atoms with E-state index in [1.54, 1.807) is 6.92 Å². The molecule has 11 heteroatoms. The Hall–Kier alpha value is -4.64. The standard InChI is InChI=1S/C34H34N2O9/c1-5-7-8-9-18-13-17-12-16-10-11-34(26(16)30(45-15-43-3)21(17)33(36-18)44-4)31(41)24-25(32(34)42)29(40)23-22(28(24)39)20(37)14-19(27(23)38)35-6-2/h12-13,39-40H,5-11,14-15H2,1-4H3. The summed E-state index contributed by atoms with van der Waals surface area (Å²) in [6.07, 6.45) is 3.74. The molecule has 45 heavy (non-hydrogen) atoms. The van der Waals surface area contributed by atoms with E-state index in [2.05, 4.69) is 11.9 Å². The first kappa shape index (κ1) is 30.4. The average molecular weight is 615 g/mol. The Morgan fingerprint density at radius 1 is 0.956 bits per heavy atom. The summed E-state index contributed by atoms with van der Waals surface area (Å²) in [5, 5.41) is 24.0. The number of carbonyl (C=O) groups excluding carboxylic acids is 4. The molecule has 1 heterocycles. The second kappa shape index (κ2) is 11.4. The Labute approximate surface area is 259 Å². The number of carbonyl (C=O) groups is 4. The van der Waals surface area contributed by atoms with Gasteiger partial charge in [0.25, 0.3) is 0 Å². The minimum absolute atomic E-state index is 0.0153. The van der Waals surface area contributed by atoms with Crippen molar-refractivity contribution in [3.63, 3.8) is 0 Å². The van der Waals surface area contributed by atoms with Crippen molar-refractivity contribution in [3.05, 3.63) is 51.2 Å². The molecule has 0 fully saturated rings. The number of hydrogen-bond donors (Lipinski definition) is 2. The number of hydrogen-bond acceptors (Lipinski definition) is 11. The summed E-state index contributed by atoms with van der Waals surface area (Å²) < 4.78 is 17.1. The van der Waals surface area contributed by atoms with Gasteiger partial charge in [0.1, 0.15) is 22.7 Å². The van der Waals surface area contributed by atoms with Crippen LogP contribution in [-0.2, 0) is 23.0 Å². The molecule has 11 nitrogen and oxygen atoms in total. The zero-order valence-electron chi connectivity index (χ0n) is 25.7. The Kier molecular flexibility index (Phi) is 7.68. The van der Waals surface area contributed by atoms with Crippen molar-refractivity contribution in [2.24, 2.45) is 4.99 Å². The molecule has 0 saturated carbocycles. The average Bonchev–Trinajstić information content (AvgIpc) is 3.51. The van der Waals surface area contributed by atoms with Gasteiger partial charge in [-0.1, -0.05) is 25.8 Å². The van der Waals surface area contributed by atoms with Gasteiger partial charge in [-0.25, -0.2) is 4.98 Å². The van der Waals surface area contributed by atoms with Crippen molar-refractivity contribution in [1.82, 2.24) is 4.98 Å². The fourth-order valence-electron chi connectivity index (χ4n) is 7.10. The van der Waals surface area contributed by atoms with Crippen LogP contribution in [-0.4, -0.2) is 71.6 Å². The number of aryl methyl sites for hydroxylation is 2. The van der Waals surface area contributed by atoms with Gasteiger partial charge in [0.2, 0.25) is 11.7 Å². The van der Waals surface area contributed by atoms with Crippen LogP contribution in [0.5, 0.6) is 23.1 Å². The number of pyridine rings is 1. The zero-order valence-corrected chi connectivity index (χ0v) is 25.7. The highest BCUT2D eigenvalue weighted by Crippen LogP contribution is 2.58. The smallest absolute Gasteiger partial charge is 0.225 e. The maximum atomic E-state index is 14.5. The van der Waals surface area contributed by atoms with Crippen LogP contribution < -0.4 is 9.47 Å². The number of phenols is 2. The molecule has 2 N–H and O–H groups in total. The minimum Gasteiger partial charge on any atom is -0.506 e. The number of Topliss-reactive ketones (excluding diaryl/α,β-unsaturated/α-hetero) is 4. The third-order valence-electron chi connectivity index (χ3n) is 9.04. The number of phenolic OH excluding ortho intramolecular Hbond substituents is 2. The number of aromatic nitrogens is 1. The number of ether oxygens (including phenoxy) is 3. The minimum atomic E-state index is -1.90. The monoisotopic (exact) mass is 614 g/mol. The van der Waals surface area contributed by atoms with Gasteiger partial charge in [-0.3, -0.25) is 24.2 Å². The van der Waals surface area contributed by atoms with Gasteiger partial charge in [-0.2, -0.15) is 0 Å². The van der Waals surface area contributed by atoms with E-state index >= 15 is 0 Å². The van der Waals surface area contributed by atoms with Gasteiger partial charge < -0.3 is 24.4 Å². The summed E-state index contributed by atoms with van der Waals surface area (Å²) >= 11 is 0. The topological polar surface area (TPSA) is 162 Å². The number of aliphatic imine (C=N–C) groups is 1. The molecular weight excluding hydrogens is 580 g/mol. The molecule has 3 aromatic rings. The molecule has 0 aliphatic heterocycles. The summed E-state index contributed by atoms with van der Waals surface area (Å²) in [6, 6.07) is 3.84. The number of rotatable bonds is 9. The number of benzene rings is 2. The molecule has 3 aliphatic rings. The van der Waals surface area contributed by atoms with Crippen molar-refractivity contribution >= 4 is 39.6 Å². The quantitative estimate of drug-likeness (QED) is 0.147. The number of nitrogens with zero attached hydrogens (tertiary/aromatic N) is 2. The highest BCUT2D eigenvalue weighted by atomic mass is 16.7. The van der Waals surface area contributed by atoms with Gasteiger partial charge in [0, 0.05) is 24.9 Å². The normalized spacial score (nSPS) is 19.5. The van der Waals surface area contributed by atoms with Crippen molar-refractivity contribution in [1.29, 1.82) is 0 Å². The van der Waals surface area contributed by atoms with E-state index in [0.29, 0.717) is 17.4 Å². The number of methoxy groups -OCH3 is 2. The van der Waals surface area contributed by atoms with Gasteiger partial charge in [0.05, 0.1) is 46.9 Å². The van der Waals surface area contributed by atoms with Crippen LogP contribution in [0, 0.1) is 0 Å². The van der Waals surface area contributed by atoms with E-state index in [1.807, 2.05) is 12.1 Å². The summed E-state index contributed by atoms with van der Waals surface area (Å²) in [6.45, 7) is 3.81. The molecule has 6 rings (SSSR count). The van der Waals surface area contributed by atoms with Crippen molar-refractivity contribution < 1.29 is 43.6 Å². The zero-order chi connectivity index (χ0) is 32.2. The van der Waals surface area contributed by atoms with Gasteiger partial charge in [-0.05, 0) is 49.6 Å². The second-order valence-electron chi connectivity index (χ2n) is 11.6. The maximum absolute atomic E-state index is 14.5. The fourth-order valence-corrected chi connectivity index (χ4v) is 7.10. The predicted molar refractivity (Wildman–Crippen MR) is 164 cm³/mol. The number of fused-ring (bicyclic) bond motifs is 5. The third-order valence-corrected chi connectivity index (χ3v) is 9.04. The molecular formula is C34H34N2O9. The van der Waals surface area contributed by atoms with Crippen molar-refractivity contribution in [2.75, 3.05) is 27.6 Å². The molecule has 1 spiro atoms. The van der Waals surface area contributed by atoms with Crippen LogP contribution in [0.2, 0.25) is 0 Å². The van der Waals surface area contributed by atoms with Crippen molar-refractivity contribution in [3.8, 4) is 23.1 Å². The number of unbranched alkanes of at least 4 members (excludes halogenated alkanes) is 2. The van der Waals surface area contributed by atoms with Crippen LogP contribution >= 0.6 is 0 Å². The first-order chi connectivity index (χ1) is 21.7. The Morgan fingerprint density at radius 3 is 2.31 bits per heavy atom. The summed E-state index contributed by atoms with van der Waals surface area (Å²) in [5.41, 5.74) is -2.17. The van der Waals surface area contributed by atoms with E-state index in [0.717, 1.165) is 36.8 Å². The van der Waals surface area contributed by atoms with Crippen LogP contribution in [0.4, 0.5) is 0 Å².